The van der Waals surface area contributed by atoms with Crippen molar-refractivity contribution in [2.75, 3.05) is 32.4 Å². The molecule has 50 heavy (non-hydrogen) atoms. The third kappa shape index (κ3) is 11.6. The minimum atomic E-state index is -3.93. The fourth-order valence-corrected chi connectivity index (χ4v) is 9.34. The van der Waals surface area contributed by atoms with E-state index in [9.17, 15) is 18.3 Å². The highest BCUT2D eigenvalue weighted by molar-refractivity contribution is 7.89. The molecule has 4 rings (SSSR count). The molecule has 0 saturated carbocycles. The fourth-order valence-electron chi connectivity index (χ4n) is 6.33. The van der Waals surface area contributed by atoms with Crippen LogP contribution in [0.1, 0.15) is 52.7 Å². The molecule has 3 aromatic rings. The number of aryl methyl sites for hydroxylation is 2. The van der Waals surface area contributed by atoms with Crippen LogP contribution in [0.2, 0.25) is 51.4 Å². The first-order valence-electron chi connectivity index (χ1n) is 17.7. The third-order valence-electron chi connectivity index (χ3n) is 9.29. The van der Waals surface area contributed by atoms with Crippen molar-refractivity contribution in [1.29, 1.82) is 0 Å². The first-order chi connectivity index (χ1) is 23.4. The molecule has 8 nitrogen and oxygen atoms in total. The first kappa shape index (κ1) is 40.0. The lowest BCUT2D eigenvalue weighted by Gasteiger charge is -2.26. The van der Waals surface area contributed by atoms with Gasteiger partial charge in [0.1, 0.15) is 25.3 Å². The summed E-state index contributed by atoms with van der Waals surface area (Å²) in [6.45, 7) is 18.4. The predicted molar refractivity (Wildman–Crippen MR) is 208 cm³/mol. The van der Waals surface area contributed by atoms with Crippen LogP contribution < -0.4 is 4.74 Å². The van der Waals surface area contributed by atoms with Crippen LogP contribution in [0.25, 0.3) is 11.1 Å². The first-order valence-corrected chi connectivity index (χ1v) is 26.8. The molecule has 0 amide bonds. The molecule has 274 valence electrons. The maximum atomic E-state index is 13.8. The van der Waals surface area contributed by atoms with E-state index < -0.39 is 38.1 Å². The predicted octanol–water partition coefficient (Wildman–Crippen LogP) is 8.85. The number of carboxylic acids is 1. The van der Waals surface area contributed by atoms with Gasteiger partial charge in [-0.05, 0) is 89.9 Å². The molecule has 0 aliphatic heterocycles. The zero-order valence-electron chi connectivity index (χ0n) is 31.3. The standard InChI is InChI=1S/C39H57NO7SSi2/c1-29-11-9-12-30(2)39(29)36-14-10-13-35-34(36)19-20-37(35)47-33-17-15-31(16-18-33)32(25-38(41)42)26-48(43,44)40(27-45-21-23-49(3,4)5)28-46-22-24-50(6,7)8/h9-18,32,37H,19-28H2,1-8H3,(H,41,42)/t32?,37-/m1/s1. The van der Waals surface area contributed by atoms with E-state index in [1.54, 1.807) is 12.1 Å². The molecule has 3 aromatic carbocycles. The van der Waals surface area contributed by atoms with E-state index in [2.05, 4.69) is 89.5 Å². The largest absolute Gasteiger partial charge is 0.486 e. The minimum absolute atomic E-state index is 0.106. The molecule has 0 spiro atoms. The fraction of sp³-hybridized carbons (Fsp3) is 0.513. The summed E-state index contributed by atoms with van der Waals surface area (Å²) < 4.78 is 47.1. The average Bonchev–Trinajstić information content (AvgIpc) is 3.42. The summed E-state index contributed by atoms with van der Waals surface area (Å²) in [7, 11) is -6.66. The Labute approximate surface area is 302 Å². The zero-order chi connectivity index (χ0) is 36.7. The van der Waals surface area contributed by atoms with Gasteiger partial charge in [0.2, 0.25) is 10.0 Å². The number of fused-ring (bicyclic) bond motifs is 1. The molecule has 1 N–H and O–H groups in total. The average molecular weight is 740 g/mol. The number of benzene rings is 3. The van der Waals surface area contributed by atoms with Gasteiger partial charge in [0.15, 0.2) is 0 Å². The van der Waals surface area contributed by atoms with Crippen LogP contribution in [0.3, 0.4) is 0 Å². The molecule has 0 fully saturated rings. The van der Waals surface area contributed by atoms with E-state index >= 15 is 0 Å². The Kier molecular flexibility index (Phi) is 13.7. The molecule has 0 bridgehead atoms. The molecule has 0 aromatic heterocycles. The van der Waals surface area contributed by atoms with Crippen molar-refractivity contribution in [3.8, 4) is 16.9 Å². The summed E-state index contributed by atoms with van der Waals surface area (Å²) in [6.07, 6.45) is 1.35. The molecule has 0 radical (unpaired) electrons. The normalized spacial score (nSPS) is 15.7. The number of rotatable bonds is 19. The van der Waals surface area contributed by atoms with Gasteiger partial charge in [0, 0.05) is 35.3 Å². The SMILES string of the molecule is Cc1cccc(C)c1-c1cccc2c1CC[C@H]2Oc1ccc(C(CC(=O)O)CS(=O)(=O)N(COCC[Si](C)(C)C)COCC[Si](C)(C)C)cc1. The van der Waals surface area contributed by atoms with Gasteiger partial charge >= 0.3 is 5.97 Å². The molecular formula is C39H57NO7SSi2. The van der Waals surface area contributed by atoms with Crippen LogP contribution in [-0.4, -0.2) is 72.4 Å². The Morgan fingerprint density at radius 1 is 0.860 bits per heavy atom. The van der Waals surface area contributed by atoms with E-state index in [1.165, 1.54) is 37.7 Å². The topological polar surface area (TPSA) is 102 Å². The maximum Gasteiger partial charge on any atom is 0.303 e. The number of carboxylic acid groups (broad SMARTS) is 1. The van der Waals surface area contributed by atoms with E-state index in [4.69, 9.17) is 14.2 Å². The molecule has 0 saturated heterocycles. The van der Waals surface area contributed by atoms with Gasteiger partial charge in [-0.2, -0.15) is 4.31 Å². The second-order valence-electron chi connectivity index (χ2n) is 16.1. The Morgan fingerprint density at radius 3 is 1.96 bits per heavy atom. The molecule has 2 atom stereocenters. The second kappa shape index (κ2) is 17.1. The number of nitrogens with zero attached hydrogens (tertiary/aromatic N) is 1. The van der Waals surface area contributed by atoms with Gasteiger partial charge in [-0.15, -0.1) is 0 Å². The van der Waals surface area contributed by atoms with Gasteiger partial charge in [0.25, 0.3) is 0 Å². The Hall–Kier alpha value is -2.81. The van der Waals surface area contributed by atoms with Crippen molar-refractivity contribution in [1.82, 2.24) is 4.31 Å². The van der Waals surface area contributed by atoms with Crippen LogP contribution in [0.15, 0.2) is 60.7 Å². The van der Waals surface area contributed by atoms with E-state index in [0.29, 0.717) is 24.5 Å². The van der Waals surface area contributed by atoms with Crippen LogP contribution in [-0.2, 0) is 30.7 Å². The van der Waals surface area contributed by atoms with Gasteiger partial charge in [-0.3, -0.25) is 4.79 Å². The number of ether oxygens (including phenoxy) is 3. The summed E-state index contributed by atoms with van der Waals surface area (Å²) >= 11 is 0. The van der Waals surface area contributed by atoms with E-state index in [0.717, 1.165) is 24.9 Å². The van der Waals surface area contributed by atoms with Crippen LogP contribution in [0.5, 0.6) is 5.75 Å². The smallest absolute Gasteiger partial charge is 0.303 e. The molecule has 1 aliphatic rings. The lowest BCUT2D eigenvalue weighted by Crippen LogP contribution is -2.39. The number of aliphatic carboxylic acids is 1. The van der Waals surface area contributed by atoms with Crippen molar-refractivity contribution in [3.05, 3.63) is 88.5 Å². The molecule has 11 heteroatoms. The van der Waals surface area contributed by atoms with Crippen molar-refractivity contribution in [2.24, 2.45) is 0 Å². The lowest BCUT2D eigenvalue weighted by molar-refractivity contribution is -0.137. The van der Waals surface area contributed by atoms with E-state index in [-0.39, 0.29) is 31.7 Å². The number of sulfonamides is 1. The summed E-state index contributed by atoms with van der Waals surface area (Å²) in [5.41, 5.74) is 8.18. The van der Waals surface area contributed by atoms with Crippen LogP contribution in [0.4, 0.5) is 0 Å². The monoisotopic (exact) mass is 739 g/mol. The lowest BCUT2D eigenvalue weighted by atomic mass is 9.91. The highest BCUT2D eigenvalue weighted by atomic mass is 32.2. The van der Waals surface area contributed by atoms with Gasteiger partial charge in [-0.1, -0.05) is 87.8 Å². The van der Waals surface area contributed by atoms with Crippen LogP contribution in [0, 0.1) is 13.8 Å². The van der Waals surface area contributed by atoms with Gasteiger partial charge in [0.05, 0.1) is 12.2 Å². The second-order valence-corrected chi connectivity index (χ2v) is 29.3. The summed E-state index contributed by atoms with van der Waals surface area (Å²) in [5.74, 6) is -1.53. The summed E-state index contributed by atoms with van der Waals surface area (Å²) in [4.78, 5) is 12.0. The summed E-state index contributed by atoms with van der Waals surface area (Å²) in [6, 6.07) is 21.9. The van der Waals surface area contributed by atoms with Crippen molar-refractivity contribution in [2.45, 2.75) is 96.5 Å². The Morgan fingerprint density at radius 2 is 1.42 bits per heavy atom. The van der Waals surface area contributed by atoms with Crippen molar-refractivity contribution < 1.29 is 32.5 Å². The highest BCUT2D eigenvalue weighted by Crippen LogP contribution is 2.42. The van der Waals surface area contributed by atoms with Crippen molar-refractivity contribution in [3.63, 3.8) is 0 Å². The van der Waals surface area contributed by atoms with Gasteiger partial charge in [-0.25, -0.2) is 8.42 Å². The highest BCUT2D eigenvalue weighted by Gasteiger charge is 2.31. The Bertz CT molecular complexity index is 1660. The number of hydrogen-bond acceptors (Lipinski definition) is 6. The summed E-state index contributed by atoms with van der Waals surface area (Å²) in [5, 5.41) is 9.78. The molecular weight excluding hydrogens is 683 g/mol. The Balaban J connectivity index is 1.48. The molecule has 1 unspecified atom stereocenters. The van der Waals surface area contributed by atoms with Crippen LogP contribution >= 0.6 is 0 Å². The molecule has 1 aliphatic carbocycles. The number of carbonyl (C=O) groups is 1. The zero-order valence-corrected chi connectivity index (χ0v) is 34.1. The third-order valence-corrected chi connectivity index (χ3v) is 14.5. The molecule has 0 heterocycles. The van der Waals surface area contributed by atoms with Crippen molar-refractivity contribution >= 4 is 32.1 Å². The van der Waals surface area contributed by atoms with E-state index in [1.807, 2.05) is 12.1 Å². The van der Waals surface area contributed by atoms with Gasteiger partial charge < -0.3 is 19.3 Å². The minimum Gasteiger partial charge on any atom is -0.486 e. The maximum absolute atomic E-state index is 13.8. The number of hydrogen-bond donors (Lipinski definition) is 1. The quantitative estimate of drug-likeness (QED) is 0.0745.